The Balaban J connectivity index is 1.30. The van der Waals surface area contributed by atoms with Gasteiger partial charge in [0, 0.05) is 31.9 Å². The molecule has 1 unspecified atom stereocenters. The summed E-state index contributed by atoms with van der Waals surface area (Å²) in [5.41, 5.74) is -0.141. The molecular weight excluding hydrogens is 679 g/mol. The summed E-state index contributed by atoms with van der Waals surface area (Å²) in [6, 6.07) is 3.67. The number of carbonyl (C=O) groups is 5. The van der Waals surface area contributed by atoms with Gasteiger partial charge in [-0.05, 0) is 115 Å². The van der Waals surface area contributed by atoms with Crippen molar-refractivity contribution in [1.29, 1.82) is 0 Å². The smallest absolute Gasteiger partial charge is 0.461 e. The van der Waals surface area contributed by atoms with Crippen LogP contribution in [0.4, 0.5) is 4.79 Å². The monoisotopic (exact) mass is 736 g/mol. The highest BCUT2D eigenvalue weighted by Gasteiger charge is 2.68. The van der Waals surface area contributed by atoms with Gasteiger partial charge in [0.25, 0.3) is 0 Å². The first-order valence-electron chi connectivity index (χ1n) is 19.4. The minimum atomic E-state index is -0.903. The number of nitrogens with one attached hydrogen (secondary N) is 2. The molecule has 3 saturated carbocycles. The lowest BCUT2D eigenvalue weighted by atomic mass is 9.43. The normalized spacial score (nSPS) is 28.2. The predicted octanol–water partition coefficient (Wildman–Crippen LogP) is 4.02. The largest absolute Gasteiger partial charge is 0.496 e. The average molecular weight is 737 g/mol. The van der Waals surface area contributed by atoms with Crippen LogP contribution in [0, 0.1) is 23.2 Å². The molecule has 7 rings (SSSR count). The van der Waals surface area contributed by atoms with Crippen LogP contribution in [-0.4, -0.2) is 110 Å². The van der Waals surface area contributed by atoms with Crippen molar-refractivity contribution < 1.29 is 42.8 Å². The Labute approximate surface area is 313 Å². The summed E-state index contributed by atoms with van der Waals surface area (Å²) in [6.07, 6.45) is 3.41. The molecule has 2 bridgehead atoms. The molecule has 13 nitrogen and oxygen atoms in total. The topological polar surface area (TPSA) is 153 Å². The molecule has 290 valence electrons. The van der Waals surface area contributed by atoms with E-state index in [2.05, 4.69) is 31.4 Å². The molecule has 4 amide bonds. The summed E-state index contributed by atoms with van der Waals surface area (Å²) in [5.74, 6) is -1.83. The molecule has 3 heterocycles. The lowest BCUT2D eigenvalue weighted by Gasteiger charge is -2.64. The van der Waals surface area contributed by atoms with Gasteiger partial charge in [0.15, 0.2) is 5.78 Å². The van der Waals surface area contributed by atoms with Gasteiger partial charge in [-0.3, -0.25) is 19.3 Å². The highest BCUT2D eigenvalue weighted by atomic mass is 16.7. The number of Topliss-reactive ketones (excluding diaryl/α,β-unsaturated/α-hetero) is 1. The molecule has 2 N–H and O–H groups in total. The summed E-state index contributed by atoms with van der Waals surface area (Å²) in [7, 11) is 0.778. The third-order valence-electron chi connectivity index (χ3n) is 12.6. The van der Waals surface area contributed by atoms with Crippen molar-refractivity contribution in [3.05, 3.63) is 29.3 Å². The number of carbonyl (C=O) groups excluding carboxylic acids is 5. The first kappa shape index (κ1) is 39.2. The third-order valence-corrected chi connectivity index (χ3v) is 12.6. The van der Waals surface area contributed by atoms with Gasteiger partial charge in [0.05, 0.1) is 24.9 Å². The average Bonchev–Trinajstić information content (AvgIpc) is 3.48. The van der Waals surface area contributed by atoms with Crippen molar-refractivity contribution in [1.82, 2.24) is 20.4 Å². The number of ether oxygens (including phenoxy) is 2. The van der Waals surface area contributed by atoms with Gasteiger partial charge in [0.2, 0.25) is 0 Å². The number of methoxy groups -OCH3 is 1. The van der Waals surface area contributed by atoms with Gasteiger partial charge in [-0.25, -0.2) is 9.59 Å². The number of piperazine rings is 1. The SMILES string of the molecule is CCN1CCN(C(=O)NC(C(=O)C[C@@H](Cc2cccc(C(=O)OC(C)(C)C)c2OC)B2O[C@@H]3C[C@@H]4C[C@@H](C4(C)C)[C@]3(C)O2)C2CCNCC2)C(=O)C1=O. The van der Waals surface area contributed by atoms with Gasteiger partial charge < -0.3 is 34.3 Å². The number of urea groups is 1. The van der Waals surface area contributed by atoms with E-state index >= 15 is 0 Å². The van der Waals surface area contributed by atoms with Crippen molar-refractivity contribution in [2.45, 2.75) is 116 Å². The Bertz CT molecular complexity index is 1610. The summed E-state index contributed by atoms with van der Waals surface area (Å²) in [4.78, 5) is 69.6. The van der Waals surface area contributed by atoms with Crippen LogP contribution in [0.1, 0.15) is 96.5 Å². The van der Waals surface area contributed by atoms with E-state index in [1.54, 1.807) is 39.8 Å². The zero-order valence-electron chi connectivity index (χ0n) is 32.6. The molecule has 0 radical (unpaired) electrons. The maximum atomic E-state index is 14.7. The van der Waals surface area contributed by atoms with E-state index in [1.165, 1.54) is 12.0 Å². The van der Waals surface area contributed by atoms with Crippen LogP contribution in [-0.2, 0) is 34.9 Å². The Hall–Kier alpha value is -3.49. The summed E-state index contributed by atoms with van der Waals surface area (Å²) in [6.45, 7) is 15.9. The van der Waals surface area contributed by atoms with E-state index in [0.717, 1.165) is 17.7 Å². The Kier molecular flexibility index (Phi) is 11.1. The number of imide groups is 1. The Morgan fingerprint density at radius 3 is 2.43 bits per heavy atom. The second-order valence-corrected chi connectivity index (χ2v) is 17.3. The van der Waals surface area contributed by atoms with Gasteiger partial charge >= 0.3 is 30.9 Å². The maximum Gasteiger partial charge on any atom is 0.461 e. The number of benzene rings is 1. The van der Waals surface area contributed by atoms with Crippen molar-refractivity contribution in [2.75, 3.05) is 39.8 Å². The molecule has 3 aliphatic heterocycles. The molecule has 14 heteroatoms. The summed E-state index contributed by atoms with van der Waals surface area (Å²) in [5, 5.41) is 6.23. The maximum absolute atomic E-state index is 14.7. The van der Waals surface area contributed by atoms with Crippen LogP contribution in [0.2, 0.25) is 5.82 Å². The molecule has 0 spiro atoms. The molecule has 6 aliphatic rings. The highest BCUT2D eigenvalue weighted by molar-refractivity contribution is 6.48. The van der Waals surface area contributed by atoms with Crippen LogP contribution >= 0.6 is 0 Å². The molecule has 6 fully saturated rings. The fourth-order valence-electron chi connectivity index (χ4n) is 9.53. The third kappa shape index (κ3) is 7.60. The minimum absolute atomic E-state index is 0.00383. The molecule has 3 saturated heterocycles. The Morgan fingerprint density at radius 1 is 1.08 bits per heavy atom. The van der Waals surface area contributed by atoms with E-state index in [-0.39, 0.29) is 54.7 Å². The number of amides is 4. The highest BCUT2D eigenvalue weighted by Crippen LogP contribution is 2.66. The lowest BCUT2D eigenvalue weighted by molar-refractivity contribution is -0.199. The van der Waals surface area contributed by atoms with Gasteiger partial charge in [-0.1, -0.05) is 26.0 Å². The first-order chi connectivity index (χ1) is 25.0. The van der Waals surface area contributed by atoms with Crippen LogP contribution in [0.25, 0.3) is 0 Å². The van der Waals surface area contributed by atoms with E-state index in [1.807, 2.05) is 6.07 Å². The number of piperidine rings is 1. The van der Waals surface area contributed by atoms with Gasteiger partial charge in [0.1, 0.15) is 16.9 Å². The van der Waals surface area contributed by atoms with E-state index < -0.39 is 54.0 Å². The number of nitrogens with zero attached hydrogens (tertiary/aromatic N) is 2. The standard InChI is InChI=1S/C39H57BN4O9/c1-9-43-17-18-44(34(47)33(43)46)36(49)42-31(23-13-15-41-16-14-23)28(45)22-26(40-52-30-21-25-20-29(38(25,5)6)39(30,7)53-40)19-24-11-10-12-27(32(24)50-8)35(48)51-37(2,3)4/h10-12,23,25-26,29-31,41H,9,13-22H2,1-8H3,(H,42,49)/t25-,26+,29-,30+,31?,39-/m0/s1. The number of rotatable bonds is 11. The molecule has 0 aromatic heterocycles. The van der Waals surface area contributed by atoms with Crippen LogP contribution in [0.5, 0.6) is 5.75 Å². The van der Waals surface area contributed by atoms with Gasteiger partial charge in [-0.15, -0.1) is 0 Å². The molecule has 3 aliphatic carbocycles. The number of hydrogen-bond donors (Lipinski definition) is 2. The van der Waals surface area contributed by atoms with Gasteiger partial charge in [-0.2, -0.15) is 0 Å². The van der Waals surface area contributed by atoms with Crippen molar-refractivity contribution in [2.24, 2.45) is 23.2 Å². The molecular formula is C39H57BN4O9. The van der Waals surface area contributed by atoms with Crippen LogP contribution < -0.4 is 15.4 Å². The number of esters is 1. The molecule has 6 atom stereocenters. The summed E-state index contributed by atoms with van der Waals surface area (Å²) >= 11 is 0. The molecule has 53 heavy (non-hydrogen) atoms. The second-order valence-electron chi connectivity index (χ2n) is 17.3. The minimum Gasteiger partial charge on any atom is -0.496 e. The van der Waals surface area contributed by atoms with Crippen molar-refractivity contribution >= 4 is 36.7 Å². The van der Waals surface area contributed by atoms with Crippen LogP contribution in [0.3, 0.4) is 0 Å². The number of hydrogen-bond acceptors (Lipinski definition) is 10. The van der Waals surface area contributed by atoms with Crippen LogP contribution in [0.15, 0.2) is 18.2 Å². The fourth-order valence-corrected chi connectivity index (χ4v) is 9.53. The van der Waals surface area contributed by atoms with E-state index in [0.29, 0.717) is 55.6 Å². The van der Waals surface area contributed by atoms with Crippen molar-refractivity contribution in [3.8, 4) is 5.75 Å². The predicted molar refractivity (Wildman–Crippen MR) is 197 cm³/mol. The number of likely N-dealkylation sites (N-methyl/N-ethyl adjacent to an activating group) is 1. The second kappa shape index (κ2) is 15.0. The van der Waals surface area contributed by atoms with E-state index in [9.17, 15) is 24.0 Å². The fraction of sp³-hybridized carbons (Fsp3) is 0.718. The first-order valence-corrected chi connectivity index (χ1v) is 19.4. The summed E-state index contributed by atoms with van der Waals surface area (Å²) < 4.78 is 25.2. The quantitative estimate of drug-likeness (QED) is 0.194. The zero-order chi connectivity index (χ0) is 38.5. The lowest BCUT2D eigenvalue weighted by Crippen LogP contribution is -2.65. The molecule has 1 aromatic rings. The Morgan fingerprint density at radius 2 is 1.79 bits per heavy atom. The molecule has 1 aromatic carbocycles. The zero-order valence-corrected chi connectivity index (χ0v) is 32.6. The van der Waals surface area contributed by atoms with E-state index in [4.69, 9.17) is 18.8 Å². The number of ketones is 1. The number of para-hydroxylation sites is 1. The van der Waals surface area contributed by atoms with Crippen molar-refractivity contribution in [3.63, 3.8) is 0 Å².